The summed E-state index contributed by atoms with van der Waals surface area (Å²) in [6.07, 6.45) is 1.50. The number of nitrogens with two attached hydrogens (primary N) is 1. The lowest BCUT2D eigenvalue weighted by Crippen LogP contribution is -2.14. The van der Waals surface area contributed by atoms with Crippen LogP contribution in [0.3, 0.4) is 0 Å². The highest BCUT2D eigenvalue weighted by Crippen LogP contribution is 2.20. The fourth-order valence-electron chi connectivity index (χ4n) is 1.55. The number of anilines is 2. The molecule has 19 heavy (non-hydrogen) atoms. The van der Waals surface area contributed by atoms with Gasteiger partial charge in [-0.05, 0) is 62.5 Å². The summed E-state index contributed by atoms with van der Waals surface area (Å²) in [6, 6.07) is 5.17. The first-order chi connectivity index (χ1) is 8.95. The predicted octanol–water partition coefficient (Wildman–Crippen LogP) is 3.14. The summed E-state index contributed by atoms with van der Waals surface area (Å²) in [7, 11) is 0. The van der Waals surface area contributed by atoms with Crippen LogP contribution in [0.25, 0.3) is 0 Å². The van der Waals surface area contributed by atoms with Crippen LogP contribution in [0.4, 0.5) is 11.5 Å². The van der Waals surface area contributed by atoms with Gasteiger partial charge in [0.15, 0.2) is 5.82 Å². The monoisotopic (exact) mass is 384 g/mol. The Morgan fingerprint density at radius 2 is 2.05 bits per heavy atom. The molecule has 2 aromatic rings. The largest absolute Gasteiger partial charge is 0.399 e. The molecule has 3 N–H and O–H groups in total. The Kier molecular flexibility index (Phi) is 4.16. The molecule has 0 saturated carbocycles. The van der Waals surface area contributed by atoms with Crippen molar-refractivity contribution in [2.75, 3.05) is 11.1 Å². The zero-order valence-corrected chi connectivity index (χ0v) is 13.1. The molecule has 0 radical (unpaired) electrons. The minimum Gasteiger partial charge on any atom is -0.399 e. The van der Waals surface area contributed by atoms with Gasteiger partial charge in [-0.2, -0.15) is 0 Å². The van der Waals surface area contributed by atoms with Crippen molar-refractivity contribution < 1.29 is 4.79 Å². The maximum absolute atomic E-state index is 12.1. The van der Waals surface area contributed by atoms with Crippen molar-refractivity contribution >= 4 is 49.3 Å². The second-order valence-corrected chi connectivity index (χ2v) is 5.48. The van der Waals surface area contributed by atoms with Crippen molar-refractivity contribution in [1.29, 1.82) is 0 Å². The van der Waals surface area contributed by atoms with E-state index in [2.05, 4.69) is 47.1 Å². The van der Waals surface area contributed by atoms with Crippen LogP contribution >= 0.6 is 31.9 Å². The van der Waals surface area contributed by atoms with Crippen molar-refractivity contribution in [1.82, 2.24) is 9.97 Å². The van der Waals surface area contributed by atoms with E-state index in [1.807, 2.05) is 6.92 Å². The molecule has 1 aromatic heterocycles. The molecule has 0 saturated heterocycles. The number of nitrogens with one attached hydrogen (secondary N) is 1. The number of nitrogen functional groups attached to an aromatic ring is 1. The molecule has 0 atom stereocenters. The maximum atomic E-state index is 12.1. The number of nitrogens with zero attached hydrogens (tertiary/aromatic N) is 2. The fraction of sp³-hybridized carbons (Fsp3) is 0.0833. The number of rotatable bonds is 2. The molecule has 0 spiro atoms. The lowest BCUT2D eigenvalue weighted by atomic mass is 10.1. The summed E-state index contributed by atoms with van der Waals surface area (Å²) in [5, 5.41) is 2.67. The average Bonchev–Trinajstić information content (AvgIpc) is 2.31. The highest BCUT2D eigenvalue weighted by Gasteiger charge is 2.11. The summed E-state index contributed by atoms with van der Waals surface area (Å²) < 4.78 is 1.04. The molecule has 7 heteroatoms. The summed E-state index contributed by atoms with van der Waals surface area (Å²) in [5.41, 5.74) is 7.67. The summed E-state index contributed by atoms with van der Waals surface area (Å²) in [5.74, 6) is 0.0704. The quantitative estimate of drug-likeness (QED) is 0.778. The van der Waals surface area contributed by atoms with E-state index in [1.165, 1.54) is 6.20 Å². The van der Waals surface area contributed by atoms with Crippen molar-refractivity contribution in [3.8, 4) is 0 Å². The van der Waals surface area contributed by atoms with E-state index in [9.17, 15) is 4.79 Å². The number of carbonyl (C=O) groups is 1. The van der Waals surface area contributed by atoms with Crippen LogP contribution in [0.5, 0.6) is 0 Å². The van der Waals surface area contributed by atoms with E-state index < -0.39 is 0 Å². The first-order valence-corrected chi connectivity index (χ1v) is 6.91. The molecule has 1 aromatic carbocycles. The predicted molar refractivity (Wildman–Crippen MR) is 81.0 cm³/mol. The molecule has 0 aliphatic rings. The molecule has 2 rings (SSSR count). The summed E-state index contributed by atoms with van der Waals surface area (Å²) >= 11 is 6.43. The fourth-order valence-corrected chi connectivity index (χ4v) is 2.46. The number of halogens is 2. The molecule has 1 heterocycles. The number of aromatic nitrogens is 2. The minimum absolute atomic E-state index is 0.285. The Morgan fingerprint density at radius 1 is 1.32 bits per heavy atom. The number of hydrogen-bond donors (Lipinski definition) is 2. The maximum Gasteiger partial charge on any atom is 0.256 e. The van der Waals surface area contributed by atoms with Gasteiger partial charge in [0.25, 0.3) is 5.91 Å². The second kappa shape index (κ2) is 5.66. The third kappa shape index (κ3) is 3.51. The van der Waals surface area contributed by atoms with Crippen LogP contribution in [-0.4, -0.2) is 15.9 Å². The Morgan fingerprint density at radius 3 is 2.68 bits per heavy atom. The van der Waals surface area contributed by atoms with E-state index >= 15 is 0 Å². The van der Waals surface area contributed by atoms with E-state index in [-0.39, 0.29) is 5.91 Å². The van der Waals surface area contributed by atoms with Gasteiger partial charge in [0.2, 0.25) is 0 Å². The van der Waals surface area contributed by atoms with Crippen molar-refractivity contribution in [2.24, 2.45) is 0 Å². The summed E-state index contributed by atoms with van der Waals surface area (Å²) in [6.45, 7) is 1.88. The lowest BCUT2D eigenvalue weighted by molar-refractivity contribution is 0.102. The Bertz CT molecular complexity index is 625. The van der Waals surface area contributed by atoms with Crippen LogP contribution in [0.2, 0.25) is 0 Å². The zero-order chi connectivity index (χ0) is 14.0. The van der Waals surface area contributed by atoms with Crippen molar-refractivity contribution in [3.05, 3.63) is 44.7 Å². The lowest BCUT2D eigenvalue weighted by Gasteiger charge is -2.07. The van der Waals surface area contributed by atoms with Crippen LogP contribution in [0.1, 0.15) is 15.9 Å². The highest BCUT2D eigenvalue weighted by molar-refractivity contribution is 9.11. The third-order valence-electron chi connectivity index (χ3n) is 2.29. The number of amides is 1. The minimum atomic E-state index is -0.285. The molecule has 1 amide bonds. The number of carbonyl (C=O) groups excluding carboxylic acids is 1. The molecule has 98 valence electrons. The molecular formula is C12H10Br2N4O. The van der Waals surface area contributed by atoms with Crippen molar-refractivity contribution in [3.63, 3.8) is 0 Å². The molecular weight excluding hydrogens is 376 g/mol. The van der Waals surface area contributed by atoms with Gasteiger partial charge in [0.1, 0.15) is 9.21 Å². The standard InChI is InChI=1S/C12H10Br2N4O/c1-6-2-7(4-8(15)3-6)12(19)18-11-10(14)17-9(13)5-16-11/h2-5H,15H2,1H3,(H,16,18,19). The average molecular weight is 386 g/mol. The van der Waals surface area contributed by atoms with Gasteiger partial charge < -0.3 is 11.1 Å². The molecule has 0 aliphatic heterocycles. The molecule has 0 fully saturated rings. The molecule has 5 nitrogen and oxygen atoms in total. The zero-order valence-electron chi connectivity index (χ0n) is 9.95. The van der Waals surface area contributed by atoms with Gasteiger partial charge >= 0.3 is 0 Å². The number of aryl methyl sites for hydroxylation is 1. The normalized spacial score (nSPS) is 10.3. The third-order valence-corrected chi connectivity index (χ3v) is 3.23. The van der Waals surface area contributed by atoms with Gasteiger partial charge in [0.05, 0.1) is 6.20 Å². The van der Waals surface area contributed by atoms with Gasteiger partial charge in [0, 0.05) is 11.3 Å². The Hall–Kier alpha value is -1.47. The number of benzene rings is 1. The van der Waals surface area contributed by atoms with Gasteiger partial charge in [-0.3, -0.25) is 4.79 Å². The summed E-state index contributed by atoms with van der Waals surface area (Å²) in [4.78, 5) is 20.2. The van der Waals surface area contributed by atoms with Gasteiger partial charge in [-0.1, -0.05) is 0 Å². The van der Waals surface area contributed by atoms with Crippen LogP contribution in [0.15, 0.2) is 33.6 Å². The highest BCUT2D eigenvalue weighted by atomic mass is 79.9. The first-order valence-electron chi connectivity index (χ1n) is 5.32. The van der Waals surface area contributed by atoms with Crippen molar-refractivity contribution in [2.45, 2.75) is 6.92 Å². The molecule has 0 aliphatic carbocycles. The SMILES string of the molecule is Cc1cc(N)cc(C(=O)Nc2ncc(Br)nc2Br)c1. The first kappa shape index (κ1) is 14.0. The van der Waals surface area contributed by atoms with E-state index in [1.54, 1.807) is 18.2 Å². The molecule has 0 unspecified atom stereocenters. The van der Waals surface area contributed by atoms with E-state index in [4.69, 9.17) is 5.73 Å². The van der Waals surface area contributed by atoms with E-state index in [0.717, 1.165) is 5.56 Å². The van der Waals surface area contributed by atoms with Crippen LogP contribution in [0, 0.1) is 6.92 Å². The molecule has 0 bridgehead atoms. The van der Waals surface area contributed by atoms with Gasteiger partial charge in [-0.15, -0.1) is 0 Å². The second-order valence-electron chi connectivity index (χ2n) is 3.92. The van der Waals surface area contributed by atoms with Crippen LogP contribution in [-0.2, 0) is 0 Å². The smallest absolute Gasteiger partial charge is 0.256 e. The van der Waals surface area contributed by atoms with Gasteiger partial charge in [-0.25, -0.2) is 9.97 Å². The topological polar surface area (TPSA) is 80.9 Å². The Labute approximate surface area is 126 Å². The number of hydrogen-bond acceptors (Lipinski definition) is 4. The van der Waals surface area contributed by atoms with Crippen LogP contribution < -0.4 is 11.1 Å². The Balaban J connectivity index is 2.25. The van der Waals surface area contributed by atoms with E-state index in [0.29, 0.717) is 26.3 Å².